The van der Waals surface area contributed by atoms with Crippen LogP contribution < -0.4 is 10.6 Å². The van der Waals surface area contributed by atoms with Gasteiger partial charge in [0.05, 0.1) is 25.9 Å². The fourth-order valence-corrected chi connectivity index (χ4v) is 2.54. The van der Waals surface area contributed by atoms with E-state index < -0.39 is 11.9 Å². The second kappa shape index (κ2) is 11.0. The van der Waals surface area contributed by atoms with Crippen molar-refractivity contribution in [3.63, 3.8) is 0 Å². The number of carbonyl (C=O) groups excluding carboxylic acids is 2. The van der Waals surface area contributed by atoms with Gasteiger partial charge in [-0.05, 0) is 17.7 Å². The molecule has 1 saturated heterocycles. The number of ether oxygens (including phenoxy) is 2. The number of esters is 1. The molecule has 0 radical (unpaired) electrons. The van der Waals surface area contributed by atoms with Gasteiger partial charge in [0, 0.05) is 38.9 Å². The van der Waals surface area contributed by atoms with Gasteiger partial charge in [-0.25, -0.2) is 4.79 Å². The van der Waals surface area contributed by atoms with Crippen LogP contribution >= 0.6 is 0 Å². The molecule has 0 unspecified atom stereocenters. The number of amides is 1. The van der Waals surface area contributed by atoms with Crippen LogP contribution in [0.4, 0.5) is 0 Å². The van der Waals surface area contributed by atoms with Gasteiger partial charge in [-0.1, -0.05) is 12.1 Å². The number of hydrogen-bond acceptors (Lipinski definition) is 7. The van der Waals surface area contributed by atoms with E-state index in [0.29, 0.717) is 31.9 Å². The van der Waals surface area contributed by atoms with E-state index in [9.17, 15) is 9.59 Å². The van der Waals surface area contributed by atoms with Crippen molar-refractivity contribution in [3.8, 4) is 6.07 Å². The van der Waals surface area contributed by atoms with Crippen LogP contribution in [-0.2, 0) is 20.8 Å². The highest BCUT2D eigenvalue weighted by atomic mass is 16.5. The quantitative estimate of drug-likeness (QED) is 0.387. The standard InChI is InChI=1S/C19H24N4O4/c1-26-19(25)16-4-2-15(3-5-16)13-21-14-17(12-20)18(24)22-6-7-23-8-10-27-11-9-23/h2-5,14,21H,6-11,13H2,1H3,(H,22,24)/b17-14-. The third-order valence-corrected chi connectivity index (χ3v) is 4.11. The van der Waals surface area contributed by atoms with Crippen LogP contribution in [0.3, 0.4) is 0 Å². The van der Waals surface area contributed by atoms with Gasteiger partial charge in [-0.2, -0.15) is 5.26 Å². The molecule has 8 nitrogen and oxygen atoms in total. The predicted molar refractivity (Wildman–Crippen MR) is 98.6 cm³/mol. The van der Waals surface area contributed by atoms with Crippen molar-refractivity contribution in [2.24, 2.45) is 0 Å². The average molecular weight is 372 g/mol. The molecule has 2 rings (SSSR count). The number of methoxy groups -OCH3 is 1. The zero-order valence-corrected chi connectivity index (χ0v) is 15.4. The van der Waals surface area contributed by atoms with E-state index in [1.807, 2.05) is 6.07 Å². The zero-order valence-electron chi connectivity index (χ0n) is 15.4. The smallest absolute Gasteiger partial charge is 0.337 e. The minimum atomic E-state index is -0.403. The molecule has 27 heavy (non-hydrogen) atoms. The maximum Gasteiger partial charge on any atom is 0.337 e. The van der Waals surface area contributed by atoms with Gasteiger partial charge < -0.3 is 20.1 Å². The van der Waals surface area contributed by atoms with Gasteiger partial charge in [0.2, 0.25) is 0 Å². The number of benzene rings is 1. The fraction of sp³-hybridized carbons (Fsp3) is 0.421. The highest BCUT2D eigenvalue weighted by Gasteiger charge is 2.12. The first-order valence-corrected chi connectivity index (χ1v) is 8.73. The highest BCUT2D eigenvalue weighted by molar-refractivity contribution is 5.97. The summed E-state index contributed by atoms with van der Waals surface area (Å²) in [6.45, 7) is 4.76. The van der Waals surface area contributed by atoms with Crippen molar-refractivity contribution in [1.29, 1.82) is 5.26 Å². The Balaban J connectivity index is 1.76. The fourth-order valence-electron chi connectivity index (χ4n) is 2.54. The summed E-state index contributed by atoms with van der Waals surface area (Å²) in [5.41, 5.74) is 1.39. The molecule has 1 heterocycles. The molecule has 8 heteroatoms. The summed E-state index contributed by atoms with van der Waals surface area (Å²) in [6.07, 6.45) is 1.40. The summed E-state index contributed by atoms with van der Waals surface area (Å²) in [6, 6.07) is 8.78. The molecule has 2 N–H and O–H groups in total. The van der Waals surface area contributed by atoms with Gasteiger partial charge in [0.25, 0.3) is 5.91 Å². The number of rotatable bonds is 8. The molecule has 144 valence electrons. The molecule has 0 aromatic heterocycles. The Kier molecular flexibility index (Phi) is 8.29. The largest absolute Gasteiger partial charge is 0.465 e. The summed E-state index contributed by atoms with van der Waals surface area (Å²) in [5.74, 6) is -0.797. The Morgan fingerprint density at radius 3 is 2.63 bits per heavy atom. The van der Waals surface area contributed by atoms with Crippen molar-refractivity contribution in [2.45, 2.75) is 6.54 Å². The first kappa shape index (κ1) is 20.4. The molecule has 1 amide bonds. The van der Waals surface area contributed by atoms with Crippen LogP contribution in [0.1, 0.15) is 15.9 Å². The number of morpholine rings is 1. The van der Waals surface area contributed by atoms with E-state index in [2.05, 4.69) is 20.3 Å². The summed E-state index contributed by atoms with van der Waals surface area (Å²) in [4.78, 5) is 25.7. The molecule has 1 aliphatic heterocycles. The summed E-state index contributed by atoms with van der Waals surface area (Å²) in [5, 5.41) is 14.9. The number of nitrogens with zero attached hydrogens (tertiary/aromatic N) is 2. The molecule has 1 fully saturated rings. The summed E-state index contributed by atoms with van der Waals surface area (Å²) in [7, 11) is 1.33. The van der Waals surface area contributed by atoms with Crippen LogP contribution in [0.2, 0.25) is 0 Å². The summed E-state index contributed by atoms with van der Waals surface area (Å²) >= 11 is 0. The van der Waals surface area contributed by atoms with E-state index >= 15 is 0 Å². The topological polar surface area (TPSA) is 104 Å². The van der Waals surface area contributed by atoms with Crippen LogP contribution in [0.25, 0.3) is 0 Å². The van der Waals surface area contributed by atoms with E-state index in [1.54, 1.807) is 24.3 Å². The zero-order chi connectivity index (χ0) is 19.5. The van der Waals surface area contributed by atoms with Crippen LogP contribution in [-0.4, -0.2) is 63.3 Å². The Hall–Kier alpha value is -2.89. The number of carbonyl (C=O) groups is 2. The normalized spacial score (nSPS) is 14.9. The van der Waals surface area contributed by atoms with Gasteiger partial charge >= 0.3 is 5.97 Å². The van der Waals surface area contributed by atoms with Crippen molar-refractivity contribution >= 4 is 11.9 Å². The average Bonchev–Trinajstić information content (AvgIpc) is 2.71. The van der Waals surface area contributed by atoms with Crippen molar-refractivity contribution < 1.29 is 19.1 Å². The lowest BCUT2D eigenvalue weighted by molar-refractivity contribution is -0.117. The van der Waals surface area contributed by atoms with Gasteiger partial charge in [0.15, 0.2) is 0 Å². The lowest BCUT2D eigenvalue weighted by Crippen LogP contribution is -2.41. The molecule has 1 aliphatic rings. The Morgan fingerprint density at radius 2 is 2.00 bits per heavy atom. The van der Waals surface area contributed by atoms with Crippen LogP contribution in [0.5, 0.6) is 0 Å². The maximum absolute atomic E-state index is 12.1. The lowest BCUT2D eigenvalue weighted by atomic mass is 10.1. The SMILES string of the molecule is COC(=O)c1ccc(CN/C=C(/C#N)C(=O)NCCN2CCOCC2)cc1. The van der Waals surface area contributed by atoms with Crippen molar-refractivity contribution in [1.82, 2.24) is 15.5 Å². The molecule has 0 atom stereocenters. The van der Waals surface area contributed by atoms with E-state index in [4.69, 9.17) is 10.00 Å². The second-order valence-corrected chi connectivity index (χ2v) is 5.95. The molecule has 1 aromatic rings. The van der Waals surface area contributed by atoms with Crippen molar-refractivity contribution in [3.05, 3.63) is 47.2 Å². The van der Waals surface area contributed by atoms with Crippen LogP contribution in [0.15, 0.2) is 36.0 Å². The molecular formula is C19H24N4O4. The molecular weight excluding hydrogens is 348 g/mol. The third kappa shape index (κ3) is 6.73. The van der Waals surface area contributed by atoms with E-state index in [0.717, 1.165) is 25.2 Å². The predicted octanol–water partition coefficient (Wildman–Crippen LogP) is 0.419. The number of nitrogens with one attached hydrogen (secondary N) is 2. The molecule has 0 bridgehead atoms. The third-order valence-electron chi connectivity index (χ3n) is 4.11. The minimum absolute atomic E-state index is 0.0168. The Bertz CT molecular complexity index is 703. The molecule has 0 spiro atoms. The monoisotopic (exact) mass is 372 g/mol. The summed E-state index contributed by atoms with van der Waals surface area (Å²) < 4.78 is 9.92. The molecule has 0 aliphatic carbocycles. The minimum Gasteiger partial charge on any atom is -0.465 e. The number of nitriles is 1. The van der Waals surface area contributed by atoms with E-state index in [-0.39, 0.29) is 5.57 Å². The maximum atomic E-state index is 12.1. The van der Waals surface area contributed by atoms with Crippen molar-refractivity contribution in [2.75, 3.05) is 46.5 Å². The molecule has 1 aromatic carbocycles. The van der Waals surface area contributed by atoms with Gasteiger partial charge in [0.1, 0.15) is 11.6 Å². The lowest BCUT2D eigenvalue weighted by Gasteiger charge is -2.26. The Morgan fingerprint density at radius 1 is 1.30 bits per heavy atom. The second-order valence-electron chi connectivity index (χ2n) is 5.95. The number of hydrogen-bond donors (Lipinski definition) is 2. The van der Waals surface area contributed by atoms with Crippen LogP contribution in [0, 0.1) is 11.3 Å². The highest BCUT2D eigenvalue weighted by Crippen LogP contribution is 2.05. The van der Waals surface area contributed by atoms with Gasteiger partial charge in [-0.3, -0.25) is 9.69 Å². The van der Waals surface area contributed by atoms with Gasteiger partial charge in [-0.15, -0.1) is 0 Å². The molecule has 0 saturated carbocycles. The van der Waals surface area contributed by atoms with E-state index in [1.165, 1.54) is 13.3 Å². The first-order valence-electron chi connectivity index (χ1n) is 8.73. The Labute approximate surface area is 158 Å². The first-order chi connectivity index (χ1) is 13.1.